The lowest BCUT2D eigenvalue weighted by Gasteiger charge is -2.34. The summed E-state index contributed by atoms with van der Waals surface area (Å²) in [5.41, 5.74) is 1.19. The molecule has 0 aromatic carbocycles. The lowest BCUT2D eigenvalue weighted by atomic mass is 10.3. The van der Waals surface area contributed by atoms with Crippen molar-refractivity contribution in [1.82, 2.24) is 19.9 Å². The Morgan fingerprint density at radius 1 is 1.22 bits per heavy atom. The van der Waals surface area contributed by atoms with Gasteiger partial charge in [0.25, 0.3) is 6.43 Å². The third-order valence-electron chi connectivity index (χ3n) is 3.63. The number of amides is 1. The van der Waals surface area contributed by atoms with Crippen LogP contribution in [0.15, 0.2) is 18.5 Å². The molecule has 1 fully saturated rings. The molecule has 0 unspecified atom stereocenters. The van der Waals surface area contributed by atoms with Crippen LogP contribution in [0.25, 0.3) is 11.0 Å². The van der Waals surface area contributed by atoms with Gasteiger partial charge in [-0.1, -0.05) is 0 Å². The zero-order valence-corrected chi connectivity index (χ0v) is 12.3. The van der Waals surface area contributed by atoms with Gasteiger partial charge in [-0.2, -0.15) is 0 Å². The zero-order chi connectivity index (χ0) is 16.2. The molecule has 23 heavy (non-hydrogen) atoms. The summed E-state index contributed by atoms with van der Waals surface area (Å²) >= 11 is 0. The normalized spacial score (nSPS) is 15.3. The summed E-state index contributed by atoms with van der Waals surface area (Å²) in [7, 11) is 0. The minimum absolute atomic E-state index is 0.323. The molecule has 0 saturated carbocycles. The largest absolute Gasteiger partial charge is 0.361 e. The van der Waals surface area contributed by atoms with Crippen LogP contribution in [-0.2, 0) is 4.79 Å². The van der Waals surface area contributed by atoms with Crippen molar-refractivity contribution in [3.05, 3.63) is 18.5 Å². The molecule has 0 aliphatic carbocycles. The van der Waals surface area contributed by atoms with Crippen molar-refractivity contribution in [1.29, 1.82) is 0 Å². The Balaban J connectivity index is 1.92. The van der Waals surface area contributed by atoms with Crippen molar-refractivity contribution < 1.29 is 13.6 Å². The number of nitrogens with zero attached hydrogens (tertiary/aromatic N) is 5. The van der Waals surface area contributed by atoms with E-state index in [0.29, 0.717) is 48.8 Å². The van der Waals surface area contributed by atoms with E-state index in [4.69, 9.17) is 0 Å². The average Bonchev–Trinajstić information content (AvgIpc) is 2.59. The molecular weight excluding hydrogens is 306 g/mol. The van der Waals surface area contributed by atoms with Gasteiger partial charge < -0.3 is 15.1 Å². The van der Waals surface area contributed by atoms with Crippen LogP contribution in [0.4, 0.5) is 20.4 Å². The van der Waals surface area contributed by atoms with Gasteiger partial charge in [0.05, 0.1) is 18.3 Å². The second-order valence-corrected chi connectivity index (χ2v) is 5.16. The fourth-order valence-electron chi connectivity index (χ4n) is 2.45. The number of nitrogens with one attached hydrogen (secondary N) is 1. The van der Waals surface area contributed by atoms with E-state index in [1.165, 1.54) is 0 Å². The van der Waals surface area contributed by atoms with E-state index in [1.54, 1.807) is 23.4 Å². The van der Waals surface area contributed by atoms with E-state index in [-0.39, 0.29) is 0 Å². The van der Waals surface area contributed by atoms with E-state index in [2.05, 4.69) is 20.3 Å². The summed E-state index contributed by atoms with van der Waals surface area (Å²) in [6.45, 7) is 1.77. The number of fused-ring (bicyclic) bond motifs is 1. The highest BCUT2D eigenvalue weighted by Gasteiger charge is 2.21. The molecule has 1 saturated heterocycles. The summed E-state index contributed by atoms with van der Waals surface area (Å²) < 4.78 is 25.1. The van der Waals surface area contributed by atoms with Crippen molar-refractivity contribution in [2.45, 2.75) is 6.43 Å². The van der Waals surface area contributed by atoms with E-state index in [1.807, 2.05) is 4.90 Å². The van der Waals surface area contributed by atoms with Crippen molar-refractivity contribution in [3.63, 3.8) is 0 Å². The summed E-state index contributed by atoms with van der Waals surface area (Å²) in [5, 5.41) is 2.66. The third kappa shape index (κ3) is 3.43. The lowest BCUT2D eigenvalue weighted by molar-refractivity contribution is -0.118. The van der Waals surface area contributed by atoms with E-state index in [9.17, 15) is 13.6 Å². The second kappa shape index (κ2) is 6.67. The number of anilines is 2. The number of piperazine rings is 1. The zero-order valence-electron chi connectivity index (χ0n) is 12.3. The Morgan fingerprint density at radius 3 is 2.70 bits per heavy atom. The molecule has 0 atom stereocenters. The van der Waals surface area contributed by atoms with Crippen LogP contribution in [0.2, 0.25) is 0 Å². The molecule has 9 heteroatoms. The van der Waals surface area contributed by atoms with Crippen LogP contribution in [-0.4, -0.2) is 65.4 Å². The third-order valence-corrected chi connectivity index (χ3v) is 3.63. The maximum absolute atomic E-state index is 12.5. The van der Waals surface area contributed by atoms with Crippen LogP contribution >= 0.6 is 0 Å². The Kier molecular flexibility index (Phi) is 4.45. The summed E-state index contributed by atoms with van der Waals surface area (Å²) in [6, 6.07) is 1.68. The maximum atomic E-state index is 12.5. The van der Waals surface area contributed by atoms with Gasteiger partial charge in [-0.25, -0.2) is 18.7 Å². The van der Waals surface area contributed by atoms with E-state index in [0.717, 1.165) is 6.41 Å². The SMILES string of the molecule is O=CN1CCN(c2nc3cnccc3nc2NCC(F)F)CC1. The topological polar surface area (TPSA) is 74.2 Å². The number of alkyl halides is 2. The van der Waals surface area contributed by atoms with Crippen LogP contribution in [0, 0.1) is 0 Å². The molecule has 2 aromatic heterocycles. The molecule has 2 aromatic rings. The Hall–Kier alpha value is -2.58. The van der Waals surface area contributed by atoms with Gasteiger partial charge in [0.15, 0.2) is 11.6 Å². The molecule has 1 N–H and O–H groups in total. The van der Waals surface area contributed by atoms with Gasteiger partial charge in [0.1, 0.15) is 5.52 Å². The number of hydrogen-bond donors (Lipinski definition) is 1. The van der Waals surface area contributed by atoms with Gasteiger partial charge in [-0.05, 0) is 6.07 Å². The monoisotopic (exact) mass is 322 g/mol. The van der Waals surface area contributed by atoms with Gasteiger partial charge >= 0.3 is 0 Å². The fourth-order valence-corrected chi connectivity index (χ4v) is 2.45. The van der Waals surface area contributed by atoms with E-state index >= 15 is 0 Å². The summed E-state index contributed by atoms with van der Waals surface area (Å²) in [4.78, 5) is 27.3. The second-order valence-electron chi connectivity index (χ2n) is 5.16. The predicted molar refractivity (Wildman–Crippen MR) is 81.7 cm³/mol. The first-order chi connectivity index (χ1) is 11.2. The van der Waals surface area contributed by atoms with Crippen molar-refractivity contribution >= 4 is 29.1 Å². The number of carbonyl (C=O) groups is 1. The highest BCUT2D eigenvalue weighted by atomic mass is 19.3. The number of pyridine rings is 1. The first kappa shape index (κ1) is 15.3. The number of rotatable bonds is 5. The molecule has 3 rings (SSSR count). The van der Waals surface area contributed by atoms with E-state index < -0.39 is 13.0 Å². The molecule has 1 aliphatic rings. The number of halogens is 2. The van der Waals surface area contributed by atoms with Gasteiger partial charge in [0, 0.05) is 32.4 Å². The van der Waals surface area contributed by atoms with Crippen LogP contribution in [0.3, 0.4) is 0 Å². The molecular formula is C14H16F2N6O. The first-order valence-electron chi connectivity index (χ1n) is 7.25. The molecule has 3 heterocycles. The number of carbonyl (C=O) groups excluding carboxylic acids is 1. The van der Waals surface area contributed by atoms with Gasteiger partial charge in [0.2, 0.25) is 6.41 Å². The predicted octanol–water partition coefficient (Wildman–Crippen LogP) is 0.980. The highest BCUT2D eigenvalue weighted by molar-refractivity contribution is 5.79. The van der Waals surface area contributed by atoms with Crippen LogP contribution in [0.5, 0.6) is 0 Å². The Bertz CT molecular complexity index is 690. The highest BCUT2D eigenvalue weighted by Crippen LogP contribution is 2.25. The van der Waals surface area contributed by atoms with Crippen molar-refractivity contribution in [3.8, 4) is 0 Å². The molecule has 1 aliphatic heterocycles. The average molecular weight is 322 g/mol. The standard InChI is InChI=1S/C14H16F2N6O/c15-12(16)8-18-13-14(22-5-3-21(9-23)4-6-22)20-11-7-17-2-1-10(11)19-13/h1-2,7,9,12H,3-6,8H2,(H,18,19). The molecule has 0 bridgehead atoms. The number of hydrogen-bond acceptors (Lipinski definition) is 6. The van der Waals surface area contributed by atoms with Crippen LogP contribution in [0.1, 0.15) is 0 Å². The number of aromatic nitrogens is 3. The minimum Gasteiger partial charge on any atom is -0.361 e. The quantitative estimate of drug-likeness (QED) is 0.827. The van der Waals surface area contributed by atoms with Gasteiger partial charge in [-0.15, -0.1) is 0 Å². The molecule has 0 radical (unpaired) electrons. The summed E-state index contributed by atoms with van der Waals surface area (Å²) in [6.07, 6.45) is 1.49. The maximum Gasteiger partial charge on any atom is 0.255 e. The Labute approximate surface area is 131 Å². The smallest absolute Gasteiger partial charge is 0.255 e. The lowest BCUT2D eigenvalue weighted by Crippen LogP contribution is -2.46. The fraction of sp³-hybridized carbons (Fsp3) is 0.429. The van der Waals surface area contributed by atoms with Gasteiger partial charge in [-0.3, -0.25) is 9.78 Å². The molecule has 0 spiro atoms. The van der Waals surface area contributed by atoms with Crippen molar-refractivity contribution in [2.75, 3.05) is 42.9 Å². The summed E-state index contributed by atoms with van der Waals surface area (Å²) in [5.74, 6) is 0.834. The molecule has 1 amide bonds. The molecule has 7 nitrogen and oxygen atoms in total. The van der Waals surface area contributed by atoms with Crippen LogP contribution < -0.4 is 10.2 Å². The molecule has 122 valence electrons. The minimum atomic E-state index is -2.48. The van der Waals surface area contributed by atoms with Crippen molar-refractivity contribution in [2.24, 2.45) is 0 Å². The Morgan fingerprint density at radius 2 is 2.00 bits per heavy atom. The first-order valence-corrected chi connectivity index (χ1v) is 7.25.